The molecule has 0 aliphatic rings. The van der Waals surface area contributed by atoms with Crippen LogP contribution < -0.4 is 5.32 Å². The molecule has 0 saturated carbocycles. The first-order chi connectivity index (χ1) is 9.23. The van der Waals surface area contributed by atoms with E-state index in [9.17, 15) is 14.1 Å². The number of nitrogens with one attached hydrogen (secondary N) is 1. The summed E-state index contributed by atoms with van der Waals surface area (Å²) >= 11 is 0. The van der Waals surface area contributed by atoms with E-state index in [1.165, 1.54) is 4.90 Å². The van der Waals surface area contributed by atoms with Crippen LogP contribution in [0.2, 0.25) is 0 Å². The molecule has 1 aromatic rings. The zero-order chi connectivity index (χ0) is 15.3. The third-order valence-electron chi connectivity index (χ3n) is 2.68. The minimum absolute atomic E-state index is 0.256. The van der Waals surface area contributed by atoms with E-state index in [2.05, 4.69) is 5.32 Å². The number of rotatable bonds is 5. The molecule has 0 heterocycles. The third kappa shape index (κ3) is 5.30. The quantitative estimate of drug-likeness (QED) is 0.874. The second-order valence-electron chi connectivity index (χ2n) is 5.24. The Labute approximate surface area is 122 Å². The van der Waals surface area contributed by atoms with E-state index in [1.807, 2.05) is 6.92 Å². The van der Waals surface area contributed by atoms with Crippen molar-refractivity contribution >= 4 is 22.5 Å². The molecule has 0 aliphatic heterocycles. The molecule has 6 heteroatoms. The fraction of sp³-hybridized carbons (Fsp3) is 0.500. The van der Waals surface area contributed by atoms with Gasteiger partial charge >= 0.3 is 6.03 Å². The van der Waals surface area contributed by atoms with Gasteiger partial charge in [-0.25, -0.2) is 4.79 Å². The van der Waals surface area contributed by atoms with Crippen LogP contribution in [0.15, 0.2) is 29.2 Å². The molecule has 112 valence electrons. The number of carbonyl (C=O) groups is 1. The Morgan fingerprint density at radius 3 is 2.30 bits per heavy atom. The monoisotopic (exact) mass is 298 g/mol. The summed E-state index contributed by atoms with van der Waals surface area (Å²) in [6, 6.07) is 6.61. The molecule has 0 spiro atoms. The zero-order valence-electron chi connectivity index (χ0n) is 12.3. The molecule has 1 atom stereocenters. The Morgan fingerprint density at radius 2 is 1.90 bits per heavy atom. The number of anilines is 1. The highest BCUT2D eigenvalue weighted by molar-refractivity contribution is 7.84. The van der Waals surface area contributed by atoms with Gasteiger partial charge in [0.1, 0.15) is 0 Å². The van der Waals surface area contributed by atoms with E-state index in [0.717, 1.165) is 0 Å². The van der Waals surface area contributed by atoms with Crippen molar-refractivity contribution in [2.24, 2.45) is 0 Å². The van der Waals surface area contributed by atoms with Crippen LogP contribution in [0, 0.1) is 0 Å². The molecule has 20 heavy (non-hydrogen) atoms. The SMILES string of the molecule is CCN(CC(C)(C)O)C(=O)Nc1ccc(S(C)=O)cc1. The molecule has 1 unspecified atom stereocenters. The maximum Gasteiger partial charge on any atom is 0.321 e. The summed E-state index contributed by atoms with van der Waals surface area (Å²) < 4.78 is 11.3. The largest absolute Gasteiger partial charge is 0.389 e. The maximum atomic E-state index is 12.1. The molecule has 1 aromatic carbocycles. The lowest BCUT2D eigenvalue weighted by atomic mass is 10.1. The Hall–Kier alpha value is -1.40. The van der Waals surface area contributed by atoms with Crippen LogP contribution in [0.3, 0.4) is 0 Å². The van der Waals surface area contributed by atoms with Crippen LogP contribution in [0.1, 0.15) is 20.8 Å². The summed E-state index contributed by atoms with van der Waals surface area (Å²) in [6.45, 7) is 5.94. The average molecular weight is 298 g/mol. The van der Waals surface area contributed by atoms with Crippen LogP contribution in [-0.2, 0) is 10.8 Å². The van der Waals surface area contributed by atoms with Crippen LogP contribution in [0.5, 0.6) is 0 Å². The highest BCUT2D eigenvalue weighted by Crippen LogP contribution is 2.13. The molecule has 2 N–H and O–H groups in total. The summed E-state index contributed by atoms with van der Waals surface area (Å²) in [7, 11) is -1.03. The van der Waals surface area contributed by atoms with Gasteiger partial charge in [-0.05, 0) is 45.0 Å². The maximum absolute atomic E-state index is 12.1. The van der Waals surface area contributed by atoms with Crippen LogP contribution in [0.25, 0.3) is 0 Å². The molecular weight excluding hydrogens is 276 g/mol. The summed E-state index contributed by atoms with van der Waals surface area (Å²) in [5.41, 5.74) is -0.297. The number of benzene rings is 1. The number of urea groups is 1. The fourth-order valence-electron chi connectivity index (χ4n) is 1.73. The van der Waals surface area contributed by atoms with Gasteiger partial charge in [0.25, 0.3) is 0 Å². The first kappa shape index (κ1) is 16.7. The van der Waals surface area contributed by atoms with Gasteiger partial charge < -0.3 is 15.3 Å². The van der Waals surface area contributed by atoms with Gasteiger partial charge in [0, 0.05) is 34.2 Å². The second-order valence-corrected chi connectivity index (χ2v) is 6.61. The van der Waals surface area contributed by atoms with Crippen molar-refractivity contribution in [3.8, 4) is 0 Å². The standard InChI is InChI=1S/C14H22N2O3S/c1-5-16(10-14(2,3)18)13(17)15-11-6-8-12(9-7-11)20(4)19/h6-9,18H,5,10H2,1-4H3,(H,15,17). The zero-order valence-corrected chi connectivity index (χ0v) is 13.2. The van der Waals surface area contributed by atoms with E-state index in [0.29, 0.717) is 17.1 Å². The van der Waals surface area contributed by atoms with Crippen molar-refractivity contribution in [2.75, 3.05) is 24.7 Å². The molecule has 5 nitrogen and oxygen atoms in total. The number of aliphatic hydroxyl groups is 1. The van der Waals surface area contributed by atoms with Gasteiger partial charge in [0.15, 0.2) is 0 Å². The fourth-order valence-corrected chi connectivity index (χ4v) is 2.25. The van der Waals surface area contributed by atoms with Gasteiger partial charge in [-0.3, -0.25) is 4.21 Å². The van der Waals surface area contributed by atoms with Crippen molar-refractivity contribution in [2.45, 2.75) is 31.3 Å². The lowest BCUT2D eigenvalue weighted by Crippen LogP contribution is -2.44. The van der Waals surface area contributed by atoms with Crippen molar-refractivity contribution in [3.05, 3.63) is 24.3 Å². The predicted octanol–water partition coefficient (Wildman–Crippen LogP) is 2.05. The average Bonchev–Trinajstić information content (AvgIpc) is 2.35. The second kappa shape index (κ2) is 6.85. The Bertz CT molecular complexity index is 480. The van der Waals surface area contributed by atoms with Gasteiger partial charge in [-0.1, -0.05) is 0 Å². The lowest BCUT2D eigenvalue weighted by Gasteiger charge is -2.28. The minimum Gasteiger partial charge on any atom is -0.389 e. The number of hydrogen-bond donors (Lipinski definition) is 2. The number of likely N-dealkylation sites (N-methyl/N-ethyl adjacent to an activating group) is 1. The van der Waals surface area contributed by atoms with E-state index in [4.69, 9.17) is 0 Å². The normalized spacial score (nSPS) is 12.8. The summed E-state index contributed by atoms with van der Waals surface area (Å²) in [5.74, 6) is 0. The Kier molecular flexibility index (Phi) is 5.71. The molecule has 0 fully saturated rings. The van der Waals surface area contributed by atoms with Gasteiger partial charge in [0.2, 0.25) is 0 Å². The summed E-state index contributed by atoms with van der Waals surface area (Å²) in [6.07, 6.45) is 1.61. The number of hydrogen-bond acceptors (Lipinski definition) is 3. The highest BCUT2D eigenvalue weighted by atomic mass is 32.2. The molecule has 2 amide bonds. The van der Waals surface area contributed by atoms with Crippen LogP contribution in [0.4, 0.5) is 10.5 Å². The minimum atomic E-state index is -1.03. The molecule has 0 radical (unpaired) electrons. The van der Waals surface area contributed by atoms with E-state index < -0.39 is 16.4 Å². The van der Waals surface area contributed by atoms with E-state index in [-0.39, 0.29) is 12.6 Å². The lowest BCUT2D eigenvalue weighted by molar-refractivity contribution is 0.0501. The smallest absolute Gasteiger partial charge is 0.321 e. The number of nitrogens with zero attached hydrogens (tertiary/aromatic N) is 1. The van der Waals surface area contributed by atoms with Crippen LogP contribution >= 0.6 is 0 Å². The Balaban J connectivity index is 2.71. The Morgan fingerprint density at radius 1 is 1.35 bits per heavy atom. The molecule has 1 rings (SSSR count). The van der Waals surface area contributed by atoms with Gasteiger partial charge in [-0.15, -0.1) is 0 Å². The van der Waals surface area contributed by atoms with Gasteiger partial charge in [0.05, 0.1) is 12.1 Å². The van der Waals surface area contributed by atoms with Crippen molar-refractivity contribution in [3.63, 3.8) is 0 Å². The van der Waals surface area contributed by atoms with Gasteiger partial charge in [-0.2, -0.15) is 0 Å². The summed E-state index contributed by atoms with van der Waals surface area (Å²) in [4.78, 5) is 14.3. The molecular formula is C14H22N2O3S. The van der Waals surface area contributed by atoms with E-state index in [1.54, 1.807) is 44.4 Å². The van der Waals surface area contributed by atoms with E-state index >= 15 is 0 Å². The topological polar surface area (TPSA) is 69.6 Å². The molecule has 0 aromatic heterocycles. The number of carbonyl (C=O) groups excluding carboxylic acids is 1. The predicted molar refractivity (Wildman–Crippen MR) is 81.3 cm³/mol. The number of amides is 2. The first-order valence-corrected chi connectivity index (χ1v) is 8.00. The van der Waals surface area contributed by atoms with Crippen molar-refractivity contribution < 1.29 is 14.1 Å². The molecule has 0 saturated heterocycles. The first-order valence-electron chi connectivity index (χ1n) is 6.44. The highest BCUT2D eigenvalue weighted by Gasteiger charge is 2.21. The van der Waals surface area contributed by atoms with Crippen molar-refractivity contribution in [1.82, 2.24) is 4.90 Å². The van der Waals surface area contributed by atoms with Crippen molar-refractivity contribution in [1.29, 1.82) is 0 Å². The molecule has 0 aliphatic carbocycles. The summed E-state index contributed by atoms with van der Waals surface area (Å²) in [5, 5.41) is 12.5. The third-order valence-corrected chi connectivity index (χ3v) is 3.62. The van der Waals surface area contributed by atoms with Crippen LogP contribution in [-0.4, -0.2) is 45.2 Å². The molecule has 0 bridgehead atoms.